The lowest BCUT2D eigenvalue weighted by atomic mass is 9.99. The smallest absolute Gasteiger partial charge is 0.229 e. The van der Waals surface area contributed by atoms with Crippen molar-refractivity contribution in [3.8, 4) is 17.4 Å². The number of anilines is 1. The number of ether oxygens (including phenoxy) is 2. The third-order valence-corrected chi connectivity index (χ3v) is 6.06. The molecule has 0 N–H and O–H groups in total. The van der Waals surface area contributed by atoms with Gasteiger partial charge in [-0.3, -0.25) is 4.90 Å². The van der Waals surface area contributed by atoms with Crippen LogP contribution in [-0.4, -0.2) is 48.2 Å². The molecule has 0 radical (unpaired) electrons. The maximum absolute atomic E-state index is 6.38. The lowest BCUT2D eigenvalue weighted by Crippen LogP contribution is -2.37. The van der Waals surface area contributed by atoms with E-state index in [-0.39, 0.29) is 0 Å². The summed E-state index contributed by atoms with van der Waals surface area (Å²) in [6.07, 6.45) is 3.31. The molecule has 0 saturated carbocycles. The Labute approximate surface area is 180 Å². The Balaban J connectivity index is 1.68. The van der Waals surface area contributed by atoms with Crippen LogP contribution in [0.15, 0.2) is 24.3 Å². The fourth-order valence-corrected chi connectivity index (χ4v) is 4.34. The first-order valence-electron chi connectivity index (χ1n) is 11.2. The van der Waals surface area contributed by atoms with E-state index in [0.717, 1.165) is 62.3 Å². The molecule has 1 fully saturated rings. The summed E-state index contributed by atoms with van der Waals surface area (Å²) < 4.78 is 11.9. The van der Waals surface area contributed by atoms with Crippen molar-refractivity contribution in [1.29, 1.82) is 0 Å². The van der Waals surface area contributed by atoms with Crippen LogP contribution in [0.3, 0.4) is 0 Å². The fraction of sp³-hybridized carbons (Fsp3) is 0.583. The lowest BCUT2D eigenvalue weighted by molar-refractivity contribution is 0.220. The zero-order valence-corrected chi connectivity index (χ0v) is 18.7. The van der Waals surface area contributed by atoms with Gasteiger partial charge in [0.15, 0.2) is 11.5 Å². The standard InChI is InChI=1S/C24H34N4O2/c1-17(2)15-27-12-11-20-19(16-27)23(30-22-8-6-5-7-21(22)29-4)26-24(25-20)28-13-9-18(3)10-14-28/h5-8,17-18H,9-16H2,1-4H3. The zero-order chi connectivity index (χ0) is 21.1. The predicted octanol–water partition coefficient (Wildman–Crippen LogP) is 4.53. The highest BCUT2D eigenvalue weighted by molar-refractivity contribution is 5.47. The first kappa shape index (κ1) is 20.9. The molecule has 0 unspecified atom stereocenters. The number of hydrogen-bond donors (Lipinski definition) is 0. The van der Waals surface area contributed by atoms with Gasteiger partial charge < -0.3 is 14.4 Å². The number of nitrogens with zero attached hydrogens (tertiary/aromatic N) is 4. The summed E-state index contributed by atoms with van der Waals surface area (Å²) in [7, 11) is 1.67. The van der Waals surface area contributed by atoms with Gasteiger partial charge in [-0.1, -0.05) is 32.9 Å². The van der Waals surface area contributed by atoms with E-state index in [9.17, 15) is 0 Å². The van der Waals surface area contributed by atoms with Crippen molar-refractivity contribution in [3.05, 3.63) is 35.5 Å². The Morgan fingerprint density at radius 1 is 1.07 bits per heavy atom. The monoisotopic (exact) mass is 410 g/mol. The van der Waals surface area contributed by atoms with E-state index in [1.807, 2.05) is 24.3 Å². The van der Waals surface area contributed by atoms with Crippen molar-refractivity contribution in [2.75, 3.05) is 38.2 Å². The number of fused-ring (bicyclic) bond motifs is 1. The second kappa shape index (κ2) is 9.21. The Hall–Kier alpha value is -2.34. The molecule has 0 spiro atoms. The summed E-state index contributed by atoms with van der Waals surface area (Å²) in [4.78, 5) is 14.7. The average Bonchev–Trinajstić information content (AvgIpc) is 2.74. The molecule has 4 rings (SSSR count). The SMILES string of the molecule is COc1ccccc1Oc1nc(N2CCC(C)CC2)nc2c1CN(CC(C)C)CC2. The highest BCUT2D eigenvalue weighted by Crippen LogP contribution is 2.36. The van der Waals surface area contributed by atoms with E-state index in [2.05, 4.69) is 30.6 Å². The molecule has 0 bridgehead atoms. The molecule has 162 valence electrons. The van der Waals surface area contributed by atoms with Crippen molar-refractivity contribution >= 4 is 5.95 Å². The number of methoxy groups -OCH3 is 1. The van der Waals surface area contributed by atoms with Crippen LogP contribution in [0.2, 0.25) is 0 Å². The van der Waals surface area contributed by atoms with E-state index >= 15 is 0 Å². The first-order chi connectivity index (χ1) is 14.5. The highest BCUT2D eigenvalue weighted by Gasteiger charge is 2.27. The molecule has 30 heavy (non-hydrogen) atoms. The molecule has 2 aliphatic heterocycles. The van der Waals surface area contributed by atoms with Crippen molar-refractivity contribution in [3.63, 3.8) is 0 Å². The first-order valence-corrected chi connectivity index (χ1v) is 11.2. The fourth-order valence-electron chi connectivity index (χ4n) is 4.34. The van der Waals surface area contributed by atoms with Gasteiger partial charge in [0.1, 0.15) is 0 Å². The maximum atomic E-state index is 6.38. The Kier molecular flexibility index (Phi) is 6.42. The van der Waals surface area contributed by atoms with Crippen molar-refractivity contribution in [1.82, 2.24) is 14.9 Å². The molecule has 0 aliphatic carbocycles. The number of para-hydroxylation sites is 2. The Morgan fingerprint density at radius 2 is 1.80 bits per heavy atom. The maximum Gasteiger partial charge on any atom is 0.229 e. The van der Waals surface area contributed by atoms with Crippen LogP contribution in [0, 0.1) is 11.8 Å². The number of rotatable bonds is 6. The van der Waals surface area contributed by atoms with Gasteiger partial charge in [0.25, 0.3) is 0 Å². The second-order valence-electron chi connectivity index (χ2n) is 9.06. The van der Waals surface area contributed by atoms with E-state index in [1.165, 1.54) is 12.8 Å². The van der Waals surface area contributed by atoms with Gasteiger partial charge in [0.05, 0.1) is 18.4 Å². The molecule has 6 heteroatoms. The van der Waals surface area contributed by atoms with Crippen LogP contribution in [0.1, 0.15) is 44.9 Å². The van der Waals surface area contributed by atoms with Crippen LogP contribution >= 0.6 is 0 Å². The van der Waals surface area contributed by atoms with Crippen LogP contribution in [0.5, 0.6) is 17.4 Å². The molecule has 2 aliphatic rings. The molecular weight excluding hydrogens is 376 g/mol. The van der Waals surface area contributed by atoms with Gasteiger partial charge >= 0.3 is 0 Å². The molecule has 1 aromatic heterocycles. The van der Waals surface area contributed by atoms with Crippen molar-refractivity contribution in [2.24, 2.45) is 11.8 Å². The molecule has 2 aromatic rings. The number of piperidine rings is 1. The molecular formula is C24H34N4O2. The molecule has 6 nitrogen and oxygen atoms in total. The summed E-state index contributed by atoms with van der Waals surface area (Å²) >= 11 is 0. The predicted molar refractivity (Wildman–Crippen MR) is 120 cm³/mol. The largest absolute Gasteiger partial charge is 0.493 e. The number of benzene rings is 1. The molecule has 0 atom stereocenters. The molecule has 1 aromatic carbocycles. The van der Waals surface area contributed by atoms with Gasteiger partial charge in [-0.2, -0.15) is 4.98 Å². The summed E-state index contributed by atoms with van der Waals surface area (Å²) in [6.45, 7) is 11.8. The van der Waals surface area contributed by atoms with Crippen LogP contribution in [0.4, 0.5) is 5.95 Å². The van der Waals surface area contributed by atoms with Crippen molar-refractivity contribution < 1.29 is 9.47 Å². The second-order valence-corrected chi connectivity index (χ2v) is 9.06. The third-order valence-electron chi connectivity index (χ3n) is 6.06. The summed E-state index contributed by atoms with van der Waals surface area (Å²) in [6, 6.07) is 7.76. The minimum absolute atomic E-state index is 0.626. The quantitative estimate of drug-likeness (QED) is 0.697. The van der Waals surface area contributed by atoms with Gasteiger partial charge in [-0.25, -0.2) is 4.98 Å². The summed E-state index contributed by atoms with van der Waals surface area (Å²) in [5.74, 6) is 4.29. The molecule has 0 amide bonds. The van der Waals surface area contributed by atoms with Crippen molar-refractivity contribution in [2.45, 2.75) is 46.6 Å². The van der Waals surface area contributed by atoms with Crippen LogP contribution < -0.4 is 14.4 Å². The zero-order valence-electron chi connectivity index (χ0n) is 18.7. The van der Waals surface area contributed by atoms with Gasteiger partial charge in [-0.15, -0.1) is 0 Å². The third kappa shape index (κ3) is 4.69. The normalized spacial score (nSPS) is 17.8. The number of aromatic nitrogens is 2. The molecule has 3 heterocycles. The molecule has 1 saturated heterocycles. The Morgan fingerprint density at radius 3 is 2.50 bits per heavy atom. The van der Waals surface area contributed by atoms with E-state index in [0.29, 0.717) is 23.3 Å². The summed E-state index contributed by atoms with van der Waals surface area (Å²) in [5, 5.41) is 0. The van der Waals surface area contributed by atoms with Gasteiger partial charge in [-0.05, 0) is 36.8 Å². The Bertz CT molecular complexity index is 862. The van der Waals surface area contributed by atoms with E-state index in [1.54, 1.807) is 7.11 Å². The van der Waals surface area contributed by atoms with Crippen LogP contribution in [0.25, 0.3) is 0 Å². The minimum atomic E-state index is 0.626. The average molecular weight is 411 g/mol. The topological polar surface area (TPSA) is 50.7 Å². The van der Waals surface area contributed by atoms with Crippen LogP contribution in [-0.2, 0) is 13.0 Å². The summed E-state index contributed by atoms with van der Waals surface area (Å²) in [5.41, 5.74) is 2.24. The highest BCUT2D eigenvalue weighted by atomic mass is 16.5. The minimum Gasteiger partial charge on any atom is -0.493 e. The van der Waals surface area contributed by atoms with E-state index < -0.39 is 0 Å². The van der Waals surface area contributed by atoms with Gasteiger partial charge in [0, 0.05) is 39.1 Å². The van der Waals surface area contributed by atoms with Gasteiger partial charge in [0.2, 0.25) is 11.8 Å². The lowest BCUT2D eigenvalue weighted by Gasteiger charge is -2.33. The number of hydrogen-bond acceptors (Lipinski definition) is 6. The van der Waals surface area contributed by atoms with E-state index in [4.69, 9.17) is 19.4 Å².